The molecule has 1 saturated heterocycles. The number of ether oxygens (including phenoxy) is 1. The number of nitrogens with one attached hydrogen (secondary N) is 1. The monoisotopic (exact) mass is 430 g/mol. The second-order valence-corrected chi connectivity index (χ2v) is 9.21. The summed E-state index contributed by atoms with van der Waals surface area (Å²) in [6.07, 6.45) is 3.69. The number of hydrogen-bond acceptors (Lipinski definition) is 5. The largest absolute Gasteiger partial charge is 0.496 e. The third kappa shape index (κ3) is 4.88. The lowest BCUT2D eigenvalue weighted by Gasteiger charge is -2.20. The summed E-state index contributed by atoms with van der Waals surface area (Å²) in [7, 11) is -2.28. The van der Waals surface area contributed by atoms with Crippen molar-refractivity contribution >= 4 is 27.4 Å². The minimum absolute atomic E-state index is 0.0628. The molecular formula is C22H26N2O5S. The van der Waals surface area contributed by atoms with Crippen molar-refractivity contribution in [1.29, 1.82) is 0 Å². The van der Waals surface area contributed by atoms with Crippen LogP contribution in [0, 0.1) is 0 Å². The third-order valence-corrected chi connectivity index (χ3v) is 7.04. The Hall–Kier alpha value is -2.71. The quantitative estimate of drug-likeness (QED) is 0.705. The van der Waals surface area contributed by atoms with Gasteiger partial charge in [-0.2, -0.15) is 4.31 Å². The minimum Gasteiger partial charge on any atom is -0.496 e. The Balaban J connectivity index is 1.91. The molecule has 0 radical (unpaired) electrons. The number of amides is 1. The van der Waals surface area contributed by atoms with E-state index in [1.165, 1.54) is 36.5 Å². The maximum atomic E-state index is 13.1. The van der Waals surface area contributed by atoms with E-state index in [-0.39, 0.29) is 22.0 Å². The highest BCUT2D eigenvalue weighted by molar-refractivity contribution is 7.89. The van der Waals surface area contributed by atoms with E-state index in [1.807, 2.05) is 0 Å². The van der Waals surface area contributed by atoms with E-state index < -0.39 is 15.9 Å². The van der Waals surface area contributed by atoms with E-state index in [0.717, 1.165) is 25.7 Å². The topological polar surface area (TPSA) is 92.8 Å². The van der Waals surface area contributed by atoms with Gasteiger partial charge in [0.25, 0.3) is 5.91 Å². The zero-order valence-corrected chi connectivity index (χ0v) is 18.0. The predicted molar refractivity (Wildman–Crippen MR) is 115 cm³/mol. The summed E-state index contributed by atoms with van der Waals surface area (Å²) >= 11 is 0. The van der Waals surface area contributed by atoms with Gasteiger partial charge in [-0.25, -0.2) is 8.42 Å². The van der Waals surface area contributed by atoms with Gasteiger partial charge in [-0.3, -0.25) is 9.59 Å². The Labute approximate surface area is 177 Å². The van der Waals surface area contributed by atoms with Crippen LogP contribution in [0.5, 0.6) is 5.75 Å². The van der Waals surface area contributed by atoms with Gasteiger partial charge in [0.1, 0.15) is 5.75 Å². The summed E-state index contributed by atoms with van der Waals surface area (Å²) in [6.45, 7) is 2.41. The standard InChI is InChI=1S/C22H26N2O5S/c1-16(25)17-8-7-9-18(14-17)23-22(26)20-15-19(10-11-21(20)29-2)30(27,28)24-12-5-3-4-6-13-24/h7-11,14-15H,3-6,12-13H2,1-2H3,(H,23,26). The Morgan fingerprint density at radius 1 is 1.00 bits per heavy atom. The molecule has 0 atom stereocenters. The highest BCUT2D eigenvalue weighted by Crippen LogP contribution is 2.27. The Morgan fingerprint density at radius 2 is 1.70 bits per heavy atom. The second kappa shape index (κ2) is 9.40. The van der Waals surface area contributed by atoms with E-state index >= 15 is 0 Å². The summed E-state index contributed by atoms with van der Waals surface area (Å²) in [5, 5.41) is 2.72. The molecule has 160 valence electrons. The summed E-state index contributed by atoms with van der Waals surface area (Å²) < 4.78 is 33.0. The first-order chi connectivity index (χ1) is 14.3. The summed E-state index contributed by atoms with van der Waals surface area (Å²) in [5.74, 6) is -0.361. The van der Waals surface area contributed by atoms with Gasteiger partial charge in [0.05, 0.1) is 17.6 Å². The average molecular weight is 431 g/mol. The van der Waals surface area contributed by atoms with Gasteiger partial charge < -0.3 is 10.1 Å². The Bertz CT molecular complexity index is 1040. The minimum atomic E-state index is -3.70. The molecule has 8 heteroatoms. The van der Waals surface area contributed by atoms with Gasteiger partial charge in [-0.15, -0.1) is 0 Å². The van der Waals surface area contributed by atoms with E-state index in [1.54, 1.807) is 24.3 Å². The molecule has 0 aliphatic carbocycles. The van der Waals surface area contributed by atoms with E-state index in [2.05, 4.69) is 5.32 Å². The van der Waals surface area contributed by atoms with Crippen molar-refractivity contribution in [2.75, 3.05) is 25.5 Å². The number of anilines is 1. The molecule has 7 nitrogen and oxygen atoms in total. The molecule has 1 heterocycles. The molecule has 0 spiro atoms. The van der Waals surface area contributed by atoms with Crippen LogP contribution in [0.4, 0.5) is 5.69 Å². The van der Waals surface area contributed by atoms with Crippen LogP contribution in [-0.2, 0) is 10.0 Å². The first kappa shape index (κ1) is 22.0. The number of carbonyl (C=O) groups excluding carboxylic acids is 2. The molecule has 3 rings (SSSR count). The van der Waals surface area contributed by atoms with Crippen LogP contribution in [0.15, 0.2) is 47.4 Å². The number of carbonyl (C=O) groups is 2. The van der Waals surface area contributed by atoms with E-state index in [4.69, 9.17) is 4.74 Å². The van der Waals surface area contributed by atoms with Crippen LogP contribution in [0.2, 0.25) is 0 Å². The fraction of sp³-hybridized carbons (Fsp3) is 0.364. The lowest BCUT2D eigenvalue weighted by atomic mass is 10.1. The van der Waals surface area contributed by atoms with Crippen LogP contribution in [0.3, 0.4) is 0 Å². The maximum Gasteiger partial charge on any atom is 0.259 e. The van der Waals surface area contributed by atoms with Crippen LogP contribution >= 0.6 is 0 Å². The molecule has 1 N–H and O–H groups in total. The first-order valence-electron chi connectivity index (χ1n) is 9.93. The van der Waals surface area contributed by atoms with Crippen molar-refractivity contribution < 1.29 is 22.7 Å². The van der Waals surface area contributed by atoms with Gasteiger partial charge >= 0.3 is 0 Å². The molecule has 0 unspecified atom stereocenters. The molecule has 2 aromatic rings. The fourth-order valence-electron chi connectivity index (χ4n) is 3.47. The molecule has 1 aliphatic heterocycles. The van der Waals surface area contributed by atoms with Gasteiger partial charge in [0, 0.05) is 24.3 Å². The Morgan fingerprint density at radius 3 is 2.33 bits per heavy atom. The molecule has 0 saturated carbocycles. The number of sulfonamides is 1. The maximum absolute atomic E-state index is 13.1. The number of hydrogen-bond donors (Lipinski definition) is 1. The molecule has 2 aromatic carbocycles. The fourth-order valence-corrected chi connectivity index (χ4v) is 5.01. The normalized spacial score (nSPS) is 15.3. The number of methoxy groups -OCH3 is 1. The third-order valence-electron chi connectivity index (χ3n) is 5.15. The zero-order chi connectivity index (χ0) is 21.7. The van der Waals surface area contributed by atoms with Crippen molar-refractivity contribution in [3.8, 4) is 5.75 Å². The van der Waals surface area contributed by atoms with Gasteiger partial charge in [-0.05, 0) is 50.1 Å². The predicted octanol–water partition coefficient (Wildman–Crippen LogP) is 3.71. The van der Waals surface area contributed by atoms with Crippen molar-refractivity contribution in [2.45, 2.75) is 37.5 Å². The average Bonchev–Trinajstić information content (AvgIpc) is 3.03. The number of ketones is 1. The van der Waals surface area contributed by atoms with E-state index in [0.29, 0.717) is 24.3 Å². The number of Topliss-reactive ketones (excluding diaryl/α,β-unsaturated/α-hetero) is 1. The molecular weight excluding hydrogens is 404 g/mol. The van der Waals surface area contributed by atoms with Gasteiger partial charge in [0.15, 0.2) is 5.78 Å². The van der Waals surface area contributed by atoms with Crippen LogP contribution in [-0.4, -0.2) is 44.6 Å². The summed E-state index contributed by atoms with van der Waals surface area (Å²) in [6, 6.07) is 10.9. The molecule has 1 amide bonds. The van der Waals surface area contributed by atoms with Crippen molar-refractivity contribution in [1.82, 2.24) is 4.31 Å². The number of rotatable bonds is 6. The zero-order valence-electron chi connectivity index (χ0n) is 17.2. The van der Waals surface area contributed by atoms with Crippen LogP contribution in [0.25, 0.3) is 0 Å². The second-order valence-electron chi connectivity index (χ2n) is 7.27. The number of benzene rings is 2. The molecule has 0 bridgehead atoms. The van der Waals surface area contributed by atoms with Crippen molar-refractivity contribution in [3.63, 3.8) is 0 Å². The molecule has 30 heavy (non-hydrogen) atoms. The number of nitrogens with zero attached hydrogens (tertiary/aromatic N) is 1. The smallest absolute Gasteiger partial charge is 0.259 e. The molecule has 1 fully saturated rings. The lowest BCUT2D eigenvalue weighted by molar-refractivity contribution is 0.101. The van der Waals surface area contributed by atoms with E-state index in [9.17, 15) is 18.0 Å². The lowest BCUT2D eigenvalue weighted by Crippen LogP contribution is -2.32. The van der Waals surface area contributed by atoms with Gasteiger partial charge in [0.2, 0.25) is 10.0 Å². The summed E-state index contributed by atoms with van der Waals surface area (Å²) in [4.78, 5) is 24.5. The Kier molecular flexibility index (Phi) is 6.89. The first-order valence-corrected chi connectivity index (χ1v) is 11.4. The SMILES string of the molecule is COc1ccc(S(=O)(=O)N2CCCCCC2)cc1C(=O)Nc1cccc(C(C)=O)c1. The highest BCUT2D eigenvalue weighted by Gasteiger charge is 2.27. The van der Waals surface area contributed by atoms with Crippen molar-refractivity contribution in [2.24, 2.45) is 0 Å². The molecule has 1 aliphatic rings. The highest BCUT2D eigenvalue weighted by atomic mass is 32.2. The van der Waals surface area contributed by atoms with Crippen LogP contribution < -0.4 is 10.1 Å². The van der Waals surface area contributed by atoms with Crippen LogP contribution in [0.1, 0.15) is 53.3 Å². The molecule has 0 aromatic heterocycles. The van der Waals surface area contributed by atoms with Gasteiger partial charge in [-0.1, -0.05) is 25.0 Å². The summed E-state index contributed by atoms with van der Waals surface area (Å²) in [5.41, 5.74) is 1.02. The van der Waals surface area contributed by atoms with Crippen molar-refractivity contribution in [3.05, 3.63) is 53.6 Å².